The topological polar surface area (TPSA) is 44.8 Å². The maximum absolute atomic E-state index is 11.0. The smallest absolute Gasteiger partial charge is 0.334 e. The van der Waals surface area contributed by atoms with E-state index in [0.717, 1.165) is 5.56 Å². The molecule has 0 radical (unpaired) electrons. The van der Waals surface area contributed by atoms with Crippen molar-refractivity contribution in [1.82, 2.24) is 0 Å². The van der Waals surface area contributed by atoms with Crippen molar-refractivity contribution in [3.05, 3.63) is 35.9 Å². The van der Waals surface area contributed by atoms with Crippen LogP contribution in [0.4, 0.5) is 0 Å². The highest BCUT2D eigenvalue weighted by Gasteiger charge is 2.12. The molecule has 1 rings (SSSR count). The molecular weight excluding hydrogens is 220 g/mol. The molecule has 1 aromatic rings. The van der Waals surface area contributed by atoms with E-state index in [2.05, 4.69) is 4.74 Å². The third kappa shape index (κ3) is 5.47. The summed E-state index contributed by atoms with van der Waals surface area (Å²) >= 11 is 0. The Bertz CT molecular complexity index is 323. The fourth-order valence-electron chi connectivity index (χ4n) is 1.28. The standard InChI is InChI=1S/C13H18O4/c1-11(13(14)15-2)17-9-8-16-10-12-6-4-3-5-7-12/h3-7,11H,8-10H2,1-2H3. The van der Waals surface area contributed by atoms with Crippen LogP contribution in [-0.4, -0.2) is 32.4 Å². The molecule has 0 saturated heterocycles. The zero-order chi connectivity index (χ0) is 12.5. The summed E-state index contributed by atoms with van der Waals surface area (Å²) < 4.78 is 15.2. The summed E-state index contributed by atoms with van der Waals surface area (Å²) in [7, 11) is 1.34. The first kappa shape index (κ1) is 13.7. The zero-order valence-electron chi connectivity index (χ0n) is 10.2. The Balaban J connectivity index is 2.07. The van der Waals surface area contributed by atoms with E-state index in [1.54, 1.807) is 6.92 Å². The van der Waals surface area contributed by atoms with E-state index < -0.39 is 6.10 Å². The summed E-state index contributed by atoms with van der Waals surface area (Å²) in [4.78, 5) is 11.0. The minimum atomic E-state index is -0.541. The summed E-state index contributed by atoms with van der Waals surface area (Å²) in [6.07, 6.45) is -0.541. The highest BCUT2D eigenvalue weighted by Crippen LogP contribution is 2.00. The quantitative estimate of drug-likeness (QED) is 0.536. The first-order valence-electron chi connectivity index (χ1n) is 5.55. The third-order valence-corrected chi connectivity index (χ3v) is 2.24. The lowest BCUT2D eigenvalue weighted by atomic mass is 10.2. The van der Waals surface area contributed by atoms with Crippen LogP contribution in [-0.2, 0) is 25.6 Å². The fourth-order valence-corrected chi connectivity index (χ4v) is 1.28. The van der Waals surface area contributed by atoms with Crippen LogP contribution in [0.3, 0.4) is 0 Å². The number of rotatable bonds is 7. The van der Waals surface area contributed by atoms with Gasteiger partial charge in [0.05, 0.1) is 26.9 Å². The average molecular weight is 238 g/mol. The summed E-state index contributed by atoms with van der Waals surface area (Å²) in [6, 6.07) is 9.89. The lowest BCUT2D eigenvalue weighted by Gasteiger charge is -2.10. The summed E-state index contributed by atoms with van der Waals surface area (Å²) in [5, 5.41) is 0. The molecule has 94 valence electrons. The monoisotopic (exact) mass is 238 g/mol. The molecule has 4 heteroatoms. The van der Waals surface area contributed by atoms with Gasteiger partial charge >= 0.3 is 5.97 Å². The average Bonchev–Trinajstić information content (AvgIpc) is 2.38. The second-order valence-electron chi connectivity index (χ2n) is 3.57. The van der Waals surface area contributed by atoms with Gasteiger partial charge in [-0.15, -0.1) is 0 Å². The van der Waals surface area contributed by atoms with Crippen molar-refractivity contribution in [3.8, 4) is 0 Å². The molecule has 1 aromatic carbocycles. The molecule has 0 aromatic heterocycles. The van der Waals surface area contributed by atoms with Crippen LogP contribution in [0.2, 0.25) is 0 Å². The zero-order valence-corrected chi connectivity index (χ0v) is 10.2. The maximum atomic E-state index is 11.0. The number of carbonyl (C=O) groups excluding carboxylic acids is 1. The van der Waals surface area contributed by atoms with Gasteiger partial charge in [-0.1, -0.05) is 30.3 Å². The molecule has 17 heavy (non-hydrogen) atoms. The van der Waals surface area contributed by atoms with Crippen LogP contribution in [0.1, 0.15) is 12.5 Å². The van der Waals surface area contributed by atoms with Crippen LogP contribution in [0.25, 0.3) is 0 Å². The minimum Gasteiger partial charge on any atom is -0.467 e. The van der Waals surface area contributed by atoms with Gasteiger partial charge in [-0.25, -0.2) is 4.79 Å². The van der Waals surface area contributed by atoms with Crippen LogP contribution in [0.15, 0.2) is 30.3 Å². The van der Waals surface area contributed by atoms with E-state index in [4.69, 9.17) is 9.47 Å². The lowest BCUT2D eigenvalue weighted by molar-refractivity contribution is -0.153. The Labute approximate surface area is 101 Å². The van der Waals surface area contributed by atoms with E-state index >= 15 is 0 Å². The van der Waals surface area contributed by atoms with Gasteiger partial charge in [-0.2, -0.15) is 0 Å². The molecule has 0 aliphatic heterocycles. The number of ether oxygens (including phenoxy) is 3. The number of methoxy groups -OCH3 is 1. The van der Waals surface area contributed by atoms with Gasteiger partial charge in [0.25, 0.3) is 0 Å². The number of benzene rings is 1. The van der Waals surface area contributed by atoms with E-state index in [-0.39, 0.29) is 5.97 Å². The van der Waals surface area contributed by atoms with E-state index in [1.165, 1.54) is 7.11 Å². The number of esters is 1. The summed E-state index contributed by atoms with van der Waals surface area (Å²) in [5.41, 5.74) is 1.12. The Morgan fingerprint density at radius 3 is 2.59 bits per heavy atom. The van der Waals surface area contributed by atoms with Crippen molar-refractivity contribution in [2.45, 2.75) is 19.6 Å². The Hall–Kier alpha value is -1.39. The molecule has 0 heterocycles. The van der Waals surface area contributed by atoms with E-state index in [9.17, 15) is 4.79 Å². The Kier molecular flexibility index (Phi) is 6.29. The minimum absolute atomic E-state index is 0.368. The maximum Gasteiger partial charge on any atom is 0.334 e. The fraction of sp³-hybridized carbons (Fsp3) is 0.462. The predicted molar refractivity (Wildman–Crippen MR) is 63.5 cm³/mol. The van der Waals surface area contributed by atoms with Crippen molar-refractivity contribution in [1.29, 1.82) is 0 Å². The molecule has 0 spiro atoms. The van der Waals surface area contributed by atoms with Gasteiger partial charge in [0.1, 0.15) is 0 Å². The van der Waals surface area contributed by atoms with Crippen molar-refractivity contribution < 1.29 is 19.0 Å². The molecule has 0 fully saturated rings. The second-order valence-corrected chi connectivity index (χ2v) is 3.57. The first-order valence-corrected chi connectivity index (χ1v) is 5.55. The molecule has 0 aliphatic rings. The van der Waals surface area contributed by atoms with Crippen molar-refractivity contribution >= 4 is 5.97 Å². The molecule has 0 saturated carbocycles. The van der Waals surface area contributed by atoms with Crippen LogP contribution >= 0.6 is 0 Å². The van der Waals surface area contributed by atoms with Gasteiger partial charge in [0.2, 0.25) is 0 Å². The highest BCUT2D eigenvalue weighted by molar-refractivity contribution is 5.73. The van der Waals surface area contributed by atoms with Gasteiger partial charge < -0.3 is 14.2 Å². The highest BCUT2D eigenvalue weighted by atomic mass is 16.6. The van der Waals surface area contributed by atoms with Crippen LogP contribution < -0.4 is 0 Å². The molecule has 1 unspecified atom stereocenters. The van der Waals surface area contributed by atoms with Crippen LogP contribution in [0, 0.1) is 0 Å². The number of carbonyl (C=O) groups is 1. The predicted octanol–water partition coefficient (Wildman–Crippen LogP) is 1.78. The van der Waals surface area contributed by atoms with Crippen molar-refractivity contribution in [2.75, 3.05) is 20.3 Å². The van der Waals surface area contributed by atoms with Crippen molar-refractivity contribution in [2.24, 2.45) is 0 Å². The van der Waals surface area contributed by atoms with E-state index in [0.29, 0.717) is 19.8 Å². The summed E-state index contributed by atoms with van der Waals surface area (Å²) in [5.74, 6) is -0.368. The normalized spacial score (nSPS) is 12.1. The molecular formula is C13H18O4. The van der Waals surface area contributed by atoms with Crippen LogP contribution in [0.5, 0.6) is 0 Å². The van der Waals surface area contributed by atoms with Gasteiger partial charge in [0, 0.05) is 0 Å². The molecule has 1 atom stereocenters. The molecule has 4 nitrogen and oxygen atoms in total. The van der Waals surface area contributed by atoms with Crippen molar-refractivity contribution in [3.63, 3.8) is 0 Å². The second kappa shape index (κ2) is 7.81. The number of hydrogen-bond donors (Lipinski definition) is 0. The van der Waals surface area contributed by atoms with Gasteiger partial charge in [-0.3, -0.25) is 0 Å². The molecule has 0 amide bonds. The Morgan fingerprint density at radius 2 is 1.94 bits per heavy atom. The molecule has 0 bridgehead atoms. The molecule has 0 N–H and O–H groups in total. The number of hydrogen-bond acceptors (Lipinski definition) is 4. The third-order valence-electron chi connectivity index (χ3n) is 2.24. The SMILES string of the molecule is COC(=O)C(C)OCCOCc1ccccc1. The van der Waals surface area contributed by atoms with E-state index in [1.807, 2.05) is 30.3 Å². The first-order chi connectivity index (χ1) is 8.24. The lowest BCUT2D eigenvalue weighted by Crippen LogP contribution is -2.23. The molecule has 0 aliphatic carbocycles. The van der Waals surface area contributed by atoms with Gasteiger partial charge in [0.15, 0.2) is 6.10 Å². The summed E-state index contributed by atoms with van der Waals surface area (Å²) in [6.45, 7) is 3.04. The Morgan fingerprint density at radius 1 is 1.24 bits per heavy atom. The largest absolute Gasteiger partial charge is 0.467 e. The van der Waals surface area contributed by atoms with Gasteiger partial charge in [-0.05, 0) is 12.5 Å².